The Morgan fingerprint density at radius 3 is 3.13 bits per heavy atom. The Kier molecular flexibility index (Phi) is 6.52. The lowest BCUT2D eigenvalue weighted by Gasteiger charge is -2.14. The summed E-state index contributed by atoms with van der Waals surface area (Å²) < 4.78 is 0. The van der Waals surface area contributed by atoms with Crippen LogP contribution in [0, 0.1) is 0 Å². The third-order valence-corrected chi connectivity index (χ3v) is 4.54. The minimum Gasteiger partial charge on any atom is -0.354 e. The first-order valence-electron chi connectivity index (χ1n) is 5.38. The van der Waals surface area contributed by atoms with Crippen LogP contribution in [0.5, 0.6) is 0 Å². The molecule has 1 saturated heterocycles. The van der Waals surface area contributed by atoms with E-state index in [-0.39, 0.29) is 11.9 Å². The minimum atomic E-state index is -0.330. The Labute approximate surface area is 100 Å². The van der Waals surface area contributed by atoms with Crippen LogP contribution < -0.4 is 11.1 Å². The summed E-state index contributed by atoms with van der Waals surface area (Å²) in [6.45, 7) is 0.788. The highest BCUT2D eigenvalue weighted by molar-refractivity contribution is 8.00. The van der Waals surface area contributed by atoms with E-state index < -0.39 is 0 Å². The number of nitrogens with one attached hydrogen (secondary N) is 1. The molecule has 0 radical (unpaired) electrons. The molecule has 0 aromatic carbocycles. The number of hydrogen-bond acceptors (Lipinski definition) is 4. The van der Waals surface area contributed by atoms with Crippen LogP contribution in [0.1, 0.15) is 19.3 Å². The molecule has 15 heavy (non-hydrogen) atoms. The van der Waals surface area contributed by atoms with Crippen molar-refractivity contribution in [2.75, 3.05) is 24.3 Å². The molecule has 0 spiro atoms. The summed E-state index contributed by atoms with van der Waals surface area (Å²) in [6, 6.07) is -0.330. The number of hydrogen-bond donors (Lipinski definition) is 2. The largest absolute Gasteiger partial charge is 0.354 e. The quantitative estimate of drug-likeness (QED) is 0.738. The molecule has 1 aliphatic rings. The van der Waals surface area contributed by atoms with E-state index in [1.54, 1.807) is 11.8 Å². The maximum Gasteiger partial charge on any atom is 0.236 e. The lowest BCUT2D eigenvalue weighted by molar-refractivity contribution is -0.122. The molecular formula is C10H20N2OS2. The van der Waals surface area contributed by atoms with Gasteiger partial charge >= 0.3 is 0 Å². The molecular weight excluding hydrogens is 228 g/mol. The van der Waals surface area contributed by atoms with Gasteiger partial charge < -0.3 is 11.1 Å². The normalized spacial score (nSPS) is 22.7. The van der Waals surface area contributed by atoms with Gasteiger partial charge in [-0.1, -0.05) is 0 Å². The average molecular weight is 248 g/mol. The summed E-state index contributed by atoms with van der Waals surface area (Å²) in [6.07, 6.45) is 5.30. The highest BCUT2D eigenvalue weighted by Crippen LogP contribution is 2.25. The number of amides is 1. The summed E-state index contributed by atoms with van der Waals surface area (Å²) in [5.41, 5.74) is 5.76. The molecule has 1 aliphatic heterocycles. The highest BCUT2D eigenvalue weighted by Gasteiger charge is 2.18. The molecule has 88 valence electrons. The average Bonchev–Trinajstić information content (AvgIpc) is 2.75. The summed E-state index contributed by atoms with van der Waals surface area (Å²) >= 11 is 3.68. The van der Waals surface area contributed by atoms with E-state index in [0.717, 1.165) is 18.7 Å². The maximum atomic E-state index is 11.6. The van der Waals surface area contributed by atoms with E-state index in [4.69, 9.17) is 5.73 Å². The van der Waals surface area contributed by atoms with E-state index in [1.807, 2.05) is 18.0 Å². The van der Waals surface area contributed by atoms with Gasteiger partial charge in [0.15, 0.2) is 0 Å². The zero-order valence-electron chi connectivity index (χ0n) is 9.20. The van der Waals surface area contributed by atoms with Gasteiger partial charge in [-0.2, -0.15) is 23.5 Å². The molecule has 2 atom stereocenters. The lowest BCUT2D eigenvalue weighted by Crippen LogP contribution is -2.43. The van der Waals surface area contributed by atoms with Gasteiger partial charge in [0.2, 0.25) is 5.91 Å². The third-order valence-electron chi connectivity index (χ3n) is 2.50. The lowest BCUT2D eigenvalue weighted by atomic mass is 10.2. The van der Waals surface area contributed by atoms with Gasteiger partial charge in [0, 0.05) is 11.8 Å². The first-order chi connectivity index (χ1) is 7.24. The van der Waals surface area contributed by atoms with Crippen molar-refractivity contribution in [1.29, 1.82) is 0 Å². The van der Waals surface area contributed by atoms with E-state index in [0.29, 0.717) is 5.25 Å². The number of carbonyl (C=O) groups excluding carboxylic acids is 1. The van der Waals surface area contributed by atoms with Crippen LogP contribution in [-0.4, -0.2) is 41.5 Å². The van der Waals surface area contributed by atoms with Gasteiger partial charge in [-0.05, 0) is 37.0 Å². The van der Waals surface area contributed by atoms with Crippen molar-refractivity contribution in [2.24, 2.45) is 5.73 Å². The highest BCUT2D eigenvalue weighted by atomic mass is 32.2. The Morgan fingerprint density at radius 2 is 2.53 bits per heavy atom. The molecule has 0 aromatic rings. The molecule has 5 heteroatoms. The van der Waals surface area contributed by atoms with Crippen molar-refractivity contribution in [3.63, 3.8) is 0 Å². The van der Waals surface area contributed by atoms with Crippen LogP contribution in [0.3, 0.4) is 0 Å². The van der Waals surface area contributed by atoms with Gasteiger partial charge in [-0.15, -0.1) is 0 Å². The topological polar surface area (TPSA) is 55.1 Å². The summed E-state index contributed by atoms with van der Waals surface area (Å²) in [4.78, 5) is 11.6. The van der Waals surface area contributed by atoms with Gasteiger partial charge in [0.05, 0.1) is 6.04 Å². The zero-order chi connectivity index (χ0) is 11.1. The molecule has 0 aliphatic carbocycles. The fraction of sp³-hybridized carbons (Fsp3) is 0.900. The molecule has 0 saturated carbocycles. The van der Waals surface area contributed by atoms with Crippen molar-refractivity contribution in [2.45, 2.75) is 30.6 Å². The van der Waals surface area contributed by atoms with Gasteiger partial charge in [0.25, 0.3) is 0 Å². The van der Waals surface area contributed by atoms with Gasteiger partial charge in [-0.25, -0.2) is 0 Å². The number of thioether (sulfide) groups is 2. The number of rotatable bonds is 6. The predicted octanol–water partition coefficient (Wildman–Crippen LogP) is 1.08. The van der Waals surface area contributed by atoms with Gasteiger partial charge in [-0.3, -0.25) is 4.79 Å². The fourth-order valence-corrected chi connectivity index (χ4v) is 3.22. The van der Waals surface area contributed by atoms with Crippen LogP contribution >= 0.6 is 23.5 Å². The van der Waals surface area contributed by atoms with E-state index in [2.05, 4.69) is 5.32 Å². The first kappa shape index (κ1) is 13.2. The summed E-state index contributed by atoms with van der Waals surface area (Å²) in [5, 5.41) is 3.55. The molecule has 1 fully saturated rings. The molecule has 0 bridgehead atoms. The van der Waals surface area contributed by atoms with Crippen LogP contribution in [0.25, 0.3) is 0 Å². The SMILES string of the molecule is CSCC[C@@H](N)C(=O)NCC1CCCS1. The second kappa shape index (κ2) is 7.41. The molecule has 1 heterocycles. The van der Waals surface area contributed by atoms with Gasteiger partial charge in [0.1, 0.15) is 0 Å². The Hall–Kier alpha value is 0.130. The van der Waals surface area contributed by atoms with E-state index >= 15 is 0 Å². The standard InChI is InChI=1S/C10H20N2OS2/c1-14-6-4-9(11)10(13)12-7-8-3-2-5-15-8/h8-9H,2-7,11H2,1H3,(H,12,13)/t8?,9-/m1/s1. The van der Waals surface area contributed by atoms with Crippen LogP contribution in [0.4, 0.5) is 0 Å². The monoisotopic (exact) mass is 248 g/mol. The minimum absolute atomic E-state index is 0.0107. The second-order valence-corrected chi connectivity index (χ2v) is 6.16. The van der Waals surface area contributed by atoms with Crippen LogP contribution in [0.2, 0.25) is 0 Å². The third kappa shape index (κ3) is 5.13. The molecule has 1 rings (SSSR count). The fourth-order valence-electron chi connectivity index (χ4n) is 1.53. The van der Waals surface area contributed by atoms with Crippen molar-refractivity contribution < 1.29 is 4.79 Å². The van der Waals surface area contributed by atoms with Crippen molar-refractivity contribution >= 4 is 29.4 Å². The Balaban J connectivity index is 2.11. The zero-order valence-corrected chi connectivity index (χ0v) is 10.8. The van der Waals surface area contributed by atoms with Crippen LogP contribution in [0.15, 0.2) is 0 Å². The molecule has 3 nitrogen and oxygen atoms in total. The smallest absolute Gasteiger partial charge is 0.236 e. The second-order valence-electron chi connectivity index (χ2n) is 3.77. The summed E-state index contributed by atoms with van der Waals surface area (Å²) in [7, 11) is 0. The Morgan fingerprint density at radius 1 is 1.73 bits per heavy atom. The maximum absolute atomic E-state index is 11.6. The number of nitrogens with two attached hydrogens (primary N) is 1. The van der Waals surface area contributed by atoms with Crippen molar-refractivity contribution in [1.82, 2.24) is 5.32 Å². The molecule has 1 unspecified atom stereocenters. The number of carbonyl (C=O) groups is 1. The summed E-state index contributed by atoms with van der Waals surface area (Å²) in [5.74, 6) is 2.20. The van der Waals surface area contributed by atoms with E-state index in [1.165, 1.54) is 18.6 Å². The van der Waals surface area contributed by atoms with Crippen molar-refractivity contribution in [3.8, 4) is 0 Å². The van der Waals surface area contributed by atoms with Crippen LogP contribution in [-0.2, 0) is 4.79 Å². The Bertz CT molecular complexity index is 196. The van der Waals surface area contributed by atoms with Crippen molar-refractivity contribution in [3.05, 3.63) is 0 Å². The van der Waals surface area contributed by atoms with E-state index in [9.17, 15) is 4.79 Å². The predicted molar refractivity (Wildman–Crippen MR) is 69.5 cm³/mol. The molecule has 1 amide bonds. The first-order valence-corrected chi connectivity index (χ1v) is 7.82. The molecule has 3 N–H and O–H groups in total. The molecule has 0 aromatic heterocycles.